The average Bonchev–Trinajstić information content (AvgIpc) is 2.98. The molecule has 0 N–H and O–H groups in total. The van der Waals surface area contributed by atoms with Gasteiger partial charge in [0.15, 0.2) is 5.69 Å². The van der Waals surface area contributed by atoms with E-state index in [0.29, 0.717) is 24.8 Å². The second-order valence-electron chi connectivity index (χ2n) is 6.40. The second kappa shape index (κ2) is 4.23. The topological polar surface area (TPSA) is 71.2 Å². The van der Waals surface area contributed by atoms with Crippen molar-refractivity contribution in [3.63, 3.8) is 0 Å². The lowest BCUT2D eigenvalue weighted by atomic mass is 10.2. The average molecular weight is 274 g/mol. The van der Waals surface area contributed by atoms with Gasteiger partial charge < -0.3 is 4.74 Å². The first-order valence-corrected chi connectivity index (χ1v) is 6.87. The molecule has 1 saturated carbocycles. The van der Waals surface area contributed by atoms with Crippen molar-refractivity contribution >= 4 is 6.09 Å². The number of carbonyl (C=O) groups excluding carboxylic acids is 1. The van der Waals surface area contributed by atoms with Gasteiger partial charge in [0.25, 0.3) is 0 Å². The number of amides is 1. The highest BCUT2D eigenvalue weighted by Gasteiger charge is 2.37. The number of nitriles is 1. The lowest BCUT2D eigenvalue weighted by Gasteiger charge is -2.24. The molecule has 0 atom stereocenters. The van der Waals surface area contributed by atoms with Gasteiger partial charge >= 0.3 is 6.09 Å². The van der Waals surface area contributed by atoms with Crippen molar-refractivity contribution in [2.24, 2.45) is 0 Å². The highest BCUT2D eigenvalue weighted by molar-refractivity contribution is 5.69. The number of rotatable bonds is 1. The van der Waals surface area contributed by atoms with Gasteiger partial charge in [0.1, 0.15) is 11.7 Å². The van der Waals surface area contributed by atoms with Crippen molar-refractivity contribution in [3.8, 4) is 6.07 Å². The fraction of sp³-hybridized carbons (Fsp3) is 0.643. The summed E-state index contributed by atoms with van der Waals surface area (Å²) in [5.41, 5.74) is 1.81. The van der Waals surface area contributed by atoms with E-state index in [1.54, 1.807) is 4.90 Å². The molecule has 6 heteroatoms. The standard InChI is InChI=1S/C14H18N4O2/c1-14(2,3)20-13(19)17-7-10-11(6-15)16-18(9-4-5-9)12(10)8-17/h9H,4-5,7-8H2,1-3H3. The molecule has 0 unspecified atom stereocenters. The highest BCUT2D eigenvalue weighted by Crippen LogP contribution is 2.39. The Bertz CT molecular complexity index is 602. The Hall–Kier alpha value is -2.03. The zero-order valence-electron chi connectivity index (χ0n) is 12.0. The second-order valence-corrected chi connectivity index (χ2v) is 6.40. The van der Waals surface area contributed by atoms with Crippen LogP contribution in [0.1, 0.15) is 56.6 Å². The van der Waals surface area contributed by atoms with Crippen molar-refractivity contribution < 1.29 is 9.53 Å². The van der Waals surface area contributed by atoms with Gasteiger partial charge in [0.05, 0.1) is 24.8 Å². The molecule has 1 fully saturated rings. The molecule has 1 amide bonds. The molecule has 0 saturated heterocycles. The largest absolute Gasteiger partial charge is 0.444 e. The molecule has 2 aliphatic rings. The number of carbonyl (C=O) groups is 1. The molecule has 3 rings (SSSR count). The van der Waals surface area contributed by atoms with E-state index in [4.69, 9.17) is 10.00 Å². The monoisotopic (exact) mass is 274 g/mol. The summed E-state index contributed by atoms with van der Waals surface area (Å²) in [4.78, 5) is 13.8. The third-order valence-electron chi connectivity index (χ3n) is 3.46. The summed E-state index contributed by atoms with van der Waals surface area (Å²) in [6.07, 6.45) is 1.87. The molecule has 0 radical (unpaired) electrons. The first-order valence-electron chi connectivity index (χ1n) is 6.87. The molecule has 1 aromatic rings. The van der Waals surface area contributed by atoms with Crippen LogP contribution in [0, 0.1) is 11.3 Å². The lowest BCUT2D eigenvalue weighted by Crippen LogP contribution is -2.33. The normalized spacial score (nSPS) is 17.8. The number of hydrogen-bond donors (Lipinski definition) is 0. The molecule has 1 aliphatic carbocycles. The number of fused-ring (bicyclic) bond motifs is 1. The van der Waals surface area contributed by atoms with Gasteiger partial charge in [0.2, 0.25) is 0 Å². The Labute approximate surface area is 117 Å². The minimum absolute atomic E-state index is 0.333. The van der Waals surface area contributed by atoms with Crippen LogP contribution in [0.4, 0.5) is 4.79 Å². The quantitative estimate of drug-likeness (QED) is 0.788. The Morgan fingerprint density at radius 3 is 2.65 bits per heavy atom. The summed E-state index contributed by atoms with van der Waals surface area (Å²) in [6, 6.07) is 2.53. The van der Waals surface area contributed by atoms with Crippen LogP contribution in [0.15, 0.2) is 0 Å². The van der Waals surface area contributed by atoms with Crippen LogP contribution in [0.25, 0.3) is 0 Å². The first-order chi connectivity index (χ1) is 9.39. The van der Waals surface area contributed by atoms with Gasteiger partial charge in [-0.15, -0.1) is 0 Å². The van der Waals surface area contributed by atoms with Crippen LogP contribution in [-0.4, -0.2) is 26.4 Å². The van der Waals surface area contributed by atoms with Crippen LogP contribution < -0.4 is 0 Å². The van der Waals surface area contributed by atoms with E-state index in [1.165, 1.54) is 0 Å². The van der Waals surface area contributed by atoms with Crippen LogP contribution in [0.5, 0.6) is 0 Å². The van der Waals surface area contributed by atoms with E-state index in [2.05, 4.69) is 11.2 Å². The molecule has 0 aromatic carbocycles. The fourth-order valence-electron chi connectivity index (χ4n) is 2.43. The zero-order valence-corrected chi connectivity index (χ0v) is 12.0. The first kappa shape index (κ1) is 13.0. The molecule has 106 valence electrons. The third-order valence-corrected chi connectivity index (χ3v) is 3.46. The van der Waals surface area contributed by atoms with Crippen molar-refractivity contribution in [1.29, 1.82) is 5.26 Å². The van der Waals surface area contributed by atoms with E-state index >= 15 is 0 Å². The van der Waals surface area contributed by atoms with Crippen LogP contribution in [-0.2, 0) is 17.8 Å². The summed E-state index contributed by atoms with van der Waals surface area (Å²) in [7, 11) is 0. The van der Waals surface area contributed by atoms with Crippen LogP contribution in [0.2, 0.25) is 0 Å². The van der Waals surface area contributed by atoms with E-state index in [0.717, 1.165) is 24.1 Å². The maximum atomic E-state index is 12.1. The van der Waals surface area contributed by atoms with Crippen molar-refractivity contribution in [1.82, 2.24) is 14.7 Å². The number of nitrogens with zero attached hydrogens (tertiary/aromatic N) is 4. The maximum Gasteiger partial charge on any atom is 0.410 e. The Kier molecular flexibility index (Phi) is 2.75. The summed E-state index contributed by atoms with van der Waals surface area (Å²) >= 11 is 0. The molecular weight excluding hydrogens is 256 g/mol. The minimum Gasteiger partial charge on any atom is -0.444 e. The minimum atomic E-state index is -0.507. The zero-order chi connectivity index (χ0) is 14.5. The third kappa shape index (κ3) is 2.24. The Morgan fingerprint density at radius 2 is 2.10 bits per heavy atom. The molecule has 1 aliphatic heterocycles. The number of hydrogen-bond acceptors (Lipinski definition) is 4. The SMILES string of the molecule is CC(C)(C)OC(=O)N1Cc2c(C#N)nn(C3CC3)c2C1. The summed E-state index contributed by atoms with van der Waals surface area (Å²) in [5.74, 6) is 0. The Balaban J connectivity index is 1.82. The van der Waals surface area contributed by atoms with Gasteiger partial charge in [-0.05, 0) is 33.6 Å². The predicted molar refractivity (Wildman–Crippen MR) is 70.7 cm³/mol. The Morgan fingerprint density at radius 1 is 1.40 bits per heavy atom. The molecule has 0 bridgehead atoms. The van der Waals surface area contributed by atoms with E-state index < -0.39 is 5.60 Å². The molecular formula is C14H18N4O2. The van der Waals surface area contributed by atoms with Gasteiger partial charge in [-0.25, -0.2) is 4.79 Å². The lowest BCUT2D eigenvalue weighted by molar-refractivity contribution is 0.0238. The molecule has 1 aromatic heterocycles. The summed E-state index contributed by atoms with van der Waals surface area (Å²) in [5, 5.41) is 13.5. The van der Waals surface area contributed by atoms with E-state index in [-0.39, 0.29) is 6.09 Å². The van der Waals surface area contributed by atoms with E-state index in [9.17, 15) is 4.79 Å². The van der Waals surface area contributed by atoms with Gasteiger partial charge in [0, 0.05) is 5.56 Å². The summed E-state index contributed by atoms with van der Waals surface area (Å²) < 4.78 is 7.31. The molecule has 2 heterocycles. The summed E-state index contributed by atoms with van der Waals surface area (Å²) in [6.45, 7) is 6.44. The van der Waals surface area contributed by atoms with Crippen LogP contribution in [0.3, 0.4) is 0 Å². The van der Waals surface area contributed by atoms with Crippen molar-refractivity contribution in [2.45, 2.75) is 58.3 Å². The van der Waals surface area contributed by atoms with Crippen molar-refractivity contribution in [3.05, 3.63) is 17.0 Å². The van der Waals surface area contributed by atoms with E-state index in [1.807, 2.05) is 25.5 Å². The molecule has 6 nitrogen and oxygen atoms in total. The van der Waals surface area contributed by atoms with Gasteiger partial charge in [-0.3, -0.25) is 9.58 Å². The van der Waals surface area contributed by atoms with Gasteiger partial charge in [-0.2, -0.15) is 10.4 Å². The number of aromatic nitrogens is 2. The van der Waals surface area contributed by atoms with Gasteiger partial charge in [-0.1, -0.05) is 0 Å². The molecule has 0 spiro atoms. The maximum absolute atomic E-state index is 12.1. The van der Waals surface area contributed by atoms with Crippen LogP contribution >= 0.6 is 0 Å². The highest BCUT2D eigenvalue weighted by atomic mass is 16.6. The number of ether oxygens (including phenoxy) is 1. The van der Waals surface area contributed by atoms with Crippen molar-refractivity contribution in [2.75, 3.05) is 0 Å². The predicted octanol–water partition coefficient (Wildman–Crippen LogP) is 2.34. The fourth-order valence-corrected chi connectivity index (χ4v) is 2.43. The smallest absolute Gasteiger partial charge is 0.410 e. The molecule has 20 heavy (non-hydrogen) atoms.